The van der Waals surface area contributed by atoms with Gasteiger partial charge >= 0.3 is 0 Å². The van der Waals surface area contributed by atoms with E-state index in [1.807, 2.05) is 32.0 Å². The Balaban J connectivity index is 1.67. The number of rotatable bonds is 8. The molecule has 0 fully saturated rings. The quantitative estimate of drug-likeness (QED) is 0.562. The van der Waals surface area contributed by atoms with Crippen LogP contribution in [0.1, 0.15) is 34.8 Å². The van der Waals surface area contributed by atoms with Crippen molar-refractivity contribution in [3.63, 3.8) is 0 Å². The zero-order chi connectivity index (χ0) is 22.4. The maximum atomic E-state index is 12.9. The molecule has 6 heteroatoms. The highest BCUT2D eigenvalue weighted by Crippen LogP contribution is 2.26. The average Bonchev–Trinajstić information content (AvgIpc) is 2.78. The lowest BCUT2D eigenvalue weighted by Gasteiger charge is -2.22. The molecule has 0 spiro atoms. The van der Waals surface area contributed by atoms with Gasteiger partial charge in [0.05, 0.1) is 10.6 Å². The molecule has 0 saturated carbocycles. The van der Waals surface area contributed by atoms with Gasteiger partial charge in [-0.05, 0) is 68.1 Å². The second-order valence-electron chi connectivity index (χ2n) is 7.69. The van der Waals surface area contributed by atoms with Gasteiger partial charge in [-0.25, -0.2) is 8.42 Å². The second-order valence-corrected chi connectivity index (χ2v) is 9.65. The Kier molecular flexibility index (Phi) is 7.13. The number of amides is 1. The van der Waals surface area contributed by atoms with Crippen molar-refractivity contribution in [2.24, 2.45) is 0 Å². The fourth-order valence-corrected chi connectivity index (χ4v) is 4.72. The van der Waals surface area contributed by atoms with Crippen molar-refractivity contribution < 1.29 is 13.2 Å². The molecule has 1 amide bonds. The van der Waals surface area contributed by atoms with Gasteiger partial charge in [-0.2, -0.15) is 0 Å². The summed E-state index contributed by atoms with van der Waals surface area (Å²) in [6.07, 6.45) is 1.73. The minimum absolute atomic E-state index is 0.0221. The molecule has 0 aliphatic carbocycles. The summed E-state index contributed by atoms with van der Waals surface area (Å²) in [5.41, 5.74) is 3.01. The third kappa shape index (κ3) is 5.52. The Morgan fingerprint density at radius 1 is 0.968 bits per heavy atom. The van der Waals surface area contributed by atoms with E-state index in [1.165, 1.54) is 16.9 Å². The molecule has 162 valence electrons. The summed E-state index contributed by atoms with van der Waals surface area (Å²) in [7, 11) is -2.14. The minimum atomic E-state index is -3.67. The van der Waals surface area contributed by atoms with Crippen LogP contribution in [0.3, 0.4) is 0 Å². The average molecular weight is 437 g/mol. The SMILES string of the molecule is Cc1cc(C(=O)N[C@@H](C)CCc2ccccc2)ccc1N(C)S(=O)(=O)c1ccccc1. The maximum absolute atomic E-state index is 12.9. The van der Waals surface area contributed by atoms with Crippen molar-refractivity contribution in [3.8, 4) is 0 Å². The molecule has 3 rings (SSSR count). The summed E-state index contributed by atoms with van der Waals surface area (Å²) in [5.74, 6) is -0.163. The summed E-state index contributed by atoms with van der Waals surface area (Å²) in [6, 6.07) is 23.6. The molecule has 0 radical (unpaired) electrons. The third-order valence-corrected chi connectivity index (χ3v) is 7.07. The van der Waals surface area contributed by atoms with E-state index >= 15 is 0 Å². The number of hydrogen-bond acceptors (Lipinski definition) is 3. The van der Waals surface area contributed by atoms with Gasteiger partial charge in [-0.1, -0.05) is 48.5 Å². The Morgan fingerprint density at radius 2 is 1.58 bits per heavy atom. The number of sulfonamides is 1. The third-order valence-electron chi connectivity index (χ3n) is 5.29. The Labute approximate surface area is 184 Å². The number of nitrogens with one attached hydrogen (secondary N) is 1. The van der Waals surface area contributed by atoms with Crippen LogP contribution >= 0.6 is 0 Å². The van der Waals surface area contributed by atoms with E-state index in [0.29, 0.717) is 16.8 Å². The molecule has 0 bridgehead atoms. The normalized spacial score (nSPS) is 12.2. The van der Waals surface area contributed by atoms with Gasteiger partial charge < -0.3 is 5.32 Å². The van der Waals surface area contributed by atoms with Crippen LogP contribution in [0.25, 0.3) is 0 Å². The monoisotopic (exact) mass is 436 g/mol. The summed E-state index contributed by atoms with van der Waals surface area (Å²) < 4.78 is 27.0. The van der Waals surface area contributed by atoms with Crippen LogP contribution in [-0.4, -0.2) is 27.4 Å². The highest BCUT2D eigenvalue weighted by molar-refractivity contribution is 7.92. The van der Waals surface area contributed by atoms with E-state index in [2.05, 4.69) is 17.4 Å². The first-order valence-electron chi connectivity index (χ1n) is 10.3. The fraction of sp³-hybridized carbons (Fsp3) is 0.240. The standard InChI is InChI=1S/C25H28N2O3S/c1-19-18-22(25(28)26-20(2)14-15-21-10-6-4-7-11-21)16-17-24(19)27(3)31(29,30)23-12-8-5-9-13-23/h4-13,16-18,20H,14-15H2,1-3H3,(H,26,28)/t20-/m0/s1. The Hall–Kier alpha value is -3.12. The molecule has 0 aliphatic heterocycles. The number of nitrogens with zero attached hydrogens (tertiary/aromatic N) is 1. The van der Waals surface area contributed by atoms with Gasteiger partial charge in [0, 0.05) is 18.7 Å². The van der Waals surface area contributed by atoms with Gasteiger partial charge in [0.15, 0.2) is 0 Å². The molecule has 0 saturated heterocycles. The van der Waals surface area contributed by atoms with Crippen molar-refractivity contribution in [2.75, 3.05) is 11.4 Å². The number of carbonyl (C=O) groups excluding carboxylic acids is 1. The smallest absolute Gasteiger partial charge is 0.264 e. The van der Waals surface area contributed by atoms with Crippen LogP contribution < -0.4 is 9.62 Å². The van der Waals surface area contributed by atoms with Crippen molar-refractivity contribution in [1.82, 2.24) is 5.32 Å². The van der Waals surface area contributed by atoms with Crippen LogP contribution in [0.15, 0.2) is 83.8 Å². The summed E-state index contributed by atoms with van der Waals surface area (Å²) in [4.78, 5) is 12.9. The maximum Gasteiger partial charge on any atom is 0.264 e. The van der Waals surface area contributed by atoms with Gasteiger partial charge in [0.1, 0.15) is 0 Å². The highest BCUT2D eigenvalue weighted by Gasteiger charge is 2.22. The molecular formula is C25H28N2O3S. The Morgan fingerprint density at radius 3 is 2.19 bits per heavy atom. The van der Waals surface area contributed by atoms with Crippen molar-refractivity contribution in [1.29, 1.82) is 0 Å². The van der Waals surface area contributed by atoms with Crippen molar-refractivity contribution >= 4 is 21.6 Å². The Bertz CT molecular complexity index is 1130. The zero-order valence-corrected chi connectivity index (χ0v) is 18.9. The van der Waals surface area contributed by atoms with Gasteiger partial charge in [0.2, 0.25) is 0 Å². The molecule has 1 atom stereocenters. The van der Waals surface area contributed by atoms with Crippen molar-refractivity contribution in [3.05, 3.63) is 95.6 Å². The second kappa shape index (κ2) is 9.79. The molecule has 1 N–H and O–H groups in total. The molecule has 5 nitrogen and oxygen atoms in total. The van der Waals surface area contributed by atoms with Crippen LogP contribution in [0.2, 0.25) is 0 Å². The highest BCUT2D eigenvalue weighted by atomic mass is 32.2. The lowest BCUT2D eigenvalue weighted by Crippen LogP contribution is -2.33. The number of anilines is 1. The van der Waals surface area contributed by atoms with Gasteiger partial charge in [0.25, 0.3) is 15.9 Å². The van der Waals surface area contributed by atoms with Crippen LogP contribution in [0.5, 0.6) is 0 Å². The predicted molar refractivity (Wildman–Crippen MR) is 125 cm³/mol. The number of hydrogen-bond donors (Lipinski definition) is 1. The molecule has 0 unspecified atom stereocenters. The van der Waals surface area contributed by atoms with Crippen LogP contribution in [0.4, 0.5) is 5.69 Å². The fourth-order valence-electron chi connectivity index (χ4n) is 3.44. The molecule has 3 aromatic rings. The van der Waals surface area contributed by atoms with Crippen LogP contribution in [0, 0.1) is 6.92 Å². The van der Waals surface area contributed by atoms with Crippen LogP contribution in [-0.2, 0) is 16.4 Å². The van der Waals surface area contributed by atoms with E-state index in [9.17, 15) is 13.2 Å². The van der Waals surface area contributed by atoms with E-state index in [1.54, 1.807) is 48.5 Å². The summed E-state index contributed by atoms with van der Waals surface area (Å²) in [6.45, 7) is 3.80. The first-order valence-corrected chi connectivity index (χ1v) is 11.7. The molecule has 0 aromatic heterocycles. The molecular weight excluding hydrogens is 408 g/mol. The summed E-state index contributed by atoms with van der Waals surface area (Å²) in [5, 5.41) is 3.03. The lowest BCUT2D eigenvalue weighted by molar-refractivity contribution is 0.0938. The van der Waals surface area contributed by atoms with E-state index in [0.717, 1.165) is 12.8 Å². The lowest BCUT2D eigenvalue weighted by atomic mass is 10.1. The number of benzene rings is 3. The molecule has 0 aliphatic rings. The van der Waals surface area contributed by atoms with Crippen molar-refractivity contribution in [2.45, 2.75) is 37.6 Å². The number of aryl methyl sites for hydroxylation is 2. The molecule has 0 heterocycles. The van der Waals surface area contributed by atoms with Gasteiger partial charge in [-0.3, -0.25) is 9.10 Å². The van der Waals surface area contributed by atoms with E-state index in [-0.39, 0.29) is 16.8 Å². The largest absolute Gasteiger partial charge is 0.350 e. The van der Waals surface area contributed by atoms with Gasteiger partial charge in [-0.15, -0.1) is 0 Å². The first kappa shape index (κ1) is 22.6. The molecule has 3 aromatic carbocycles. The summed E-state index contributed by atoms with van der Waals surface area (Å²) >= 11 is 0. The topological polar surface area (TPSA) is 66.5 Å². The number of carbonyl (C=O) groups is 1. The van der Waals surface area contributed by atoms with E-state index < -0.39 is 10.0 Å². The first-order chi connectivity index (χ1) is 14.8. The van der Waals surface area contributed by atoms with E-state index in [4.69, 9.17) is 0 Å². The zero-order valence-electron chi connectivity index (χ0n) is 18.1. The molecule has 31 heavy (non-hydrogen) atoms. The minimum Gasteiger partial charge on any atom is -0.350 e. The predicted octanol–water partition coefficient (Wildman–Crippen LogP) is 4.57.